The van der Waals surface area contributed by atoms with Crippen molar-refractivity contribution in [3.8, 4) is 0 Å². The summed E-state index contributed by atoms with van der Waals surface area (Å²) >= 11 is 0. The number of halogens is 2. The van der Waals surface area contributed by atoms with E-state index < -0.39 is 29.6 Å². The molecule has 0 aliphatic carbocycles. The van der Waals surface area contributed by atoms with Crippen molar-refractivity contribution in [2.45, 2.75) is 13.0 Å². The number of hydrogen-bond donors (Lipinski definition) is 2. The van der Waals surface area contributed by atoms with Crippen LogP contribution in [0.15, 0.2) is 18.2 Å². The molecular formula is C10H9F2NO3. The van der Waals surface area contributed by atoms with Gasteiger partial charge in [0.15, 0.2) is 5.78 Å². The first-order chi connectivity index (χ1) is 7.40. The van der Waals surface area contributed by atoms with Crippen molar-refractivity contribution in [1.82, 2.24) is 5.32 Å². The van der Waals surface area contributed by atoms with Crippen LogP contribution < -0.4 is 5.32 Å². The Labute approximate surface area is 89.9 Å². The van der Waals surface area contributed by atoms with Gasteiger partial charge in [0, 0.05) is 11.6 Å². The molecule has 0 aliphatic heterocycles. The normalized spacial score (nSPS) is 11.9. The van der Waals surface area contributed by atoms with Gasteiger partial charge in [-0.3, -0.25) is 4.79 Å². The summed E-state index contributed by atoms with van der Waals surface area (Å²) in [6, 6.07) is 1.28. The lowest BCUT2D eigenvalue weighted by molar-refractivity contribution is 0.0944. The van der Waals surface area contributed by atoms with Crippen molar-refractivity contribution in [2.24, 2.45) is 0 Å². The molecule has 0 saturated heterocycles. The number of nitrogens with one attached hydrogen (secondary N) is 1. The number of hydrogen-bond acceptors (Lipinski definition) is 2. The topological polar surface area (TPSA) is 66.4 Å². The van der Waals surface area contributed by atoms with Crippen LogP contribution in [0.1, 0.15) is 17.3 Å². The van der Waals surface area contributed by atoms with Crippen molar-refractivity contribution in [3.63, 3.8) is 0 Å². The van der Waals surface area contributed by atoms with Gasteiger partial charge in [-0.2, -0.15) is 0 Å². The number of carbonyl (C=O) groups excluding carboxylic acids is 1. The van der Waals surface area contributed by atoms with Gasteiger partial charge in [0.05, 0.1) is 6.04 Å². The molecule has 1 aromatic rings. The van der Waals surface area contributed by atoms with E-state index in [4.69, 9.17) is 5.11 Å². The predicted octanol–water partition coefficient (Wildman–Crippen LogP) is 1.80. The van der Waals surface area contributed by atoms with Crippen molar-refractivity contribution >= 4 is 11.9 Å². The third-order valence-electron chi connectivity index (χ3n) is 1.88. The minimum Gasteiger partial charge on any atom is -0.465 e. The number of Topliss-reactive ketones (excluding diaryl/α,β-unsaturated/α-hetero) is 1. The summed E-state index contributed by atoms with van der Waals surface area (Å²) in [5.41, 5.74) is -0.209. The summed E-state index contributed by atoms with van der Waals surface area (Å²) in [6.07, 6.45) is -1.38. The highest BCUT2D eigenvalue weighted by molar-refractivity contribution is 6.01. The fourth-order valence-corrected chi connectivity index (χ4v) is 1.20. The Balaban J connectivity index is 2.91. The summed E-state index contributed by atoms with van der Waals surface area (Å²) in [4.78, 5) is 21.8. The molecule has 86 valence electrons. The summed E-state index contributed by atoms with van der Waals surface area (Å²) in [5.74, 6) is -2.46. The Kier molecular flexibility index (Phi) is 3.55. The zero-order valence-electron chi connectivity index (χ0n) is 8.33. The molecule has 16 heavy (non-hydrogen) atoms. The van der Waals surface area contributed by atoms with E-state index in [1.807, 2.05) is 5.32 Å². The molecule has 0 radical (unpaired) electrons. The number of amides is 1. The van der Waals surface area contributed by atoms with Crippen LogP contribution in [0.25, 0.3) is 0 Å². The first-order valence-electron chi connectivity index (χ1n) is 4.40. The van der Waals surface area contributed by atoms with E-state index >= 15 is 0 Å². The highest BCUT2D eigenvalue weighted by Crippen LogP contribution is 2.10. The zero-order chi connectivity index (χ0) is 12.3. The van der Waals surface area contributed by atoms with Gasteiger partial charge in [0.2, 0.25) is 0 Å². The second kappa shape index (κ2) is 4.69. The number of carbonyl (C=O) groups is 2. The van der Waals surface area contributed by atoms with Crippen molar-refractivity contribution in [2.75, 3.05) is 0 Å². The molecule has 0 saturated carbocycles. The molecule has 0 fully saturated rings. The second-order valence-electron chi connectivity index (χ2n) is 3.19. The minimum absolute atomic E-state index is 0.209. The number of carboxylic acid groups (broad SMARTS) is 1. The third-order valence-corrected chi connectivity index (χ3v) is 1.88. The molecule has 1 aromatic carbocycles. The first kappa shape index (κ1) is 12.1. The Hall–Kier alpha value is -1.98. The van der Waals surface area contributed by atoms with E-state index in [0.717, 1.165) is 12.1 Å². The summed E-state index contributed by atoms with van der Waals surface area (Å²) in [6.45, 7) is 1.29. The van der Waals surface area contributed by atoms with E-state index in [9.17, 15) is 18.4 Å². The number of ketones is 1. The summed E-state index contributed by atoms with van der Waals surface area (Å²) in [7, 11) is 0. The minimum atomic E-state index is -1.38. The first-order valence-corrected chi connectivity index (χ1v) is 4.40. The standard InChI is InChI=1S/C10H9F2NO3/c1-5(13-10(15)16)9(14)6-2-7(11)4-8(12)3-6/h2-5,13H,1H3,(H,15,16)/t5-/m0/s1. The van der Waals surface area contributed by atoms with Crippen LogP contribution in [0, 0.1) is 11.6 Å². The van der Waals surface area contributed by atoms with Gasteiger partial charge in [-0.05, 0) is 19.1 Å². The zero-order valence-corrected chi connectivity index (χ0v) is 8.33. The molecular weight excluding hydrogens is 220 g/mol. The van der Waals surface area contributed by atoms with E-state index in [2.05, 4.69) is 0 Å². The SMILES string of the molecule is C[C@H](NC(=O)O)C(=O)c1cc(F)cc(F)c1. The van der Waals surface area contributed by atoms with Gasteiger partial charge in [0.1, 0.15) is 11.6 Å². The van der Waals surface area contributed by atoms with E-state index in [-0.39, 0.29) is 5.56 Å². The van der Waals surface area contributed by atoms with Crippen LogP contribution >= 0.6 is 0 Å². The molecule has 4 nitrogen and oxygen atoms in total. The largest absolute Gasteiger partial charge is 0.465 e. The summed E-state index contributed by atoms with van der Waals surface area (Å²) < 4.78 is 25.6. The molecule has 0 unspecified atom stereocenters. The molecule has 1 atom stereocenters. The van der Waals surface area contributed by atoms with Gasteiger partial charge in [0.25, 0.3) is 0 Å². The van der Waals surface area contributed by atoms with E-state index in [1.54, 1.807) is 0 Å². The average molecular weight is 229 g/mol. The van der Waals surface area contributed by atoms with Crippen molar-refractivity contribution in [3.05, 3.63) is 35.4 Å². The Morgan fingerprint density at radius 1 is 1.25 bits per heavy atom. The summed E-state index contributed by atoms with van der Waals surface area (Å²) in [5, 5.41) is 10.3. The van der Waals surface area contributed by atoms with Gasteiger partial charge in [-0.15, -0.1) is 0 Å². The maximum Gasteiger partial charge on any atom is 0.405 e. The lowest BCUT2D eigenvalue weighted by atomic mass is 10.1. The maximum atomic E-state index is 12.8. The molecule has 6 heteroatoms. The average Bonchev–Trinajstić information content (AvgIpc) is 2.13. The lowest BCUT2D eigenvalue weighted by Gasteiger charge is -2.10. The molecule has 0 spiro atoms. The van der Waals surface area contributed by atoms with Crippen molar-refractivity contribution < 1.29 is 23.5 Å². The molecule has 0 heterocycles. The second-order valence-corrected chi connectivity index (χ2v) is 3.19. The van der Waals surface area contributed by atoms with Gasteiger partial charge in [-0.25, -0.2) is 13.6 Å². The molecule has 0 aromatic heterocycles. The Bertz CT molecular complexity index is 414. The number of rotatable bonds is 3. The van der Waals surface area contributed by atoms with Gasteiger partial charge >= 0.3 is 6.09 Å². The van der Waals surface area contributed by atoms with Crippen LogP contribution in [-0.2, 0) is 0 Å². The molecule has 0 aliphatic rings. The number of benzene rings is 1. The smallest absolute Gasteiger partial charge is 0.405 e. The van der Waals surface area contributed by atoms with Crippen LogP contribution in [0.5, 0.6) is 0 Å². The quantitative estimate of drug-likeness (QED) is 0.776. The highest BCUT2D eigenvalue weighted by Gasteiger charge is 2.18. The lowest BCUT2D eigenvalue weighted by Crippen LogP contribution is -2.37. The molecule has 1 rings (SSSR count). The van der Waals surface area contributed by atoms with Crippen LogP contribution in [0.4, 0.5) is 13.6 Å². The maximum absolute atomic E-state index is 12.8. The van der Waals surface area contributed by atoms with E-state index in [0.29, 0.717) is 6.07 Å². The van der Waals surface area contributed by atoms with Crippen LogP contribution in [0.2, 0.25) is 0 Å². The molecule has 0 bridgehead atoms. The van der Waals surface area contributed by atoms with Crippen molar-refractivity contribution in [1.29, 1.82) is 0 Å². The van der Waals surface area contributed by atoms with Gasteiger partial charge in [-0.1, -0.05) is 0 Å². The van der Waals surface area contributed by atoms with Crippen LogP contribution in [-0.4, -0.2) is 23.0 Å². The van der Waals surface area contributed by atoms with E-state index in [1.165, 1.54) is 6.92 Å². The third kappa shape index (κ3) is 3.01. The predicted molar refractivity (Wildman–Crippen MR) is 51.3 cm³/mol. The Morgan fingerprint density at radius 2 is 1.75 bits per heavy atom. The van der Waals surface area contributed by atoms with Crippen LogP contribution in [0.3, 0.4) is 0 Å². The monoisotopic (exact) mass is 229 g/mol. The fourth-order valence-electron chi connectivity index (χ4n) is 1.20. The fraction of sp³-hybridized carbons (Fsp3) is 0.200. The highest BCUT2D eigenvalue weighted by atomic mass is 19.1. The molecule has 1 amide bonds. The Morgan fingerprint density at radius 3 is 2.19 bits per heavy atom. The van der Waals surface area contributed by atoms with Gasteiger partial charge < -0.3 is 10.4 Å². The molecule has 2 N–H and O–H groups in total.